The first-order valence-electron chi connectivity index (χ1n) is 5.29. The van der Waals surface area contributed by atoms with Crippen LogP contribution >= 0.6 is 0 Å². The van der Waals surface area contributed by atoms with E-state index >= 15 is 0 Å². The second-order valence-electron chi connectivity index (χ2n) is 3.86. The van der Waals surface area contributed by atoms with Crippen LogP contribution in [0.15, 0.2) is 41.6 Å². The predicted octanol–water partition coefficient (Wildman–Crippen LogP) is 2.47. The number of sulfonamides is 1. The molecule has 0 fully saturated rings. The molecule has 1 heterocycles. The minimum absolute atomic E-state index is 0.173. The van der Waals surface area contributed by atoms with E-state index in [4.69, 9.17) is 0 Å². The van der Waals surface area contributed by atoms with Crippen LogP contribution in [0, 0.1) is 18.6 Å². The van der Waals surface area contributed by atoms with E-state index in [-0.39, 0.29) is 5.69 Å². The van der Waals surface area contributed by atoms with Gasteiger partial charge >= 0.3 is 0 Å². The van der Waals surface area contributed by atoms with Crippen molar-refractivity contribution < 1.29 is 17.2 Å². The normalized spacial score (nSPS) is 11.3. The third-order valence-corrected chi connectivity index (χ3v) is 3.71. The van der Waals surface area contributed by atoms with Crippen LogP contribution in [0.2, 0.25) is 0 Å². The van der Waals surface area contributed by atoms with Crippen LogP contribution in [0.1, 0.15) is 5.56 Å². The van der Waals surface area contributed by atoms with Crippen LogP contribution in [-0.2, 0) is 10.0 Å². The lowest BCUT2D eigenvalue weighted by Gasteiger charge is -2.10. The minimum atomic E-state index is -4.14. The van der Waals surface area contributed by atoms with Gasteiger partial charge < -0.3 is 0 Å². The number of hydrogen-bond donors (Lipinski definition) is 1. The van der Waals surface area contributed by atoms with Crippen molar-refractivity contribution in [2.24, 2.45) is 0 Å². The van der Waals surface area contributed by atoms with E-state index in [1.807, 2.05) is 0 Å². The summed E-state index contributed by atoms with van der Waals surface area (Å²) in [5, 5.41) is -0.696. The van der Waals surface area contributed by atoms with Gasteiger partial charge in [0.1, 0.15) is 5.82 Å². The Labute approximate surface area is 109 Å². The van der Waals surface area contributed by atoms with Crippen LogP contribution in [0.3, 0.4) is 0 Å². The van der Waals surface area contributed by atoms with Crippen LogP contribution in [-0.4, -0.2) is 13.4 Å². The molecule has 1 aromatic heterocycles. The summed E-state index contributed by atoms with van der Waals surface area (Å²) in [6.07, 6.45) is 1.18. The molecule has 0 atom stereocenters. The van der Waals surface area contributed by atoms with Gasteiger partial charge in [0, 0.05) is 6.20 Å². The third-order valence-electron chi connectivity index (χ3n) is 2.41. The van der Waals surface area contributed by atoms with E-state index in [0.717, 1.165) is 12.1 Å². The average molecular weight is 284 g/mol. The molecule has 2 aromatic rings. The predicted molar refractivity (Wildman–Crippen MR) is 66.1 cm³/mol. The molecule has 0 aliphatic carbocycles. The lowest BCUT2D eigenvalue weighted by atomic mass is 10.2. The Morgan fingerprint density at radius 3 is 2.58 bits per heavy atom. The second-order valence-corrected chi connectivity index (χ2v) is 5.45. The molecule has 0 aliphatic heterocycles. The van der Waals surface area contributed by atoms with E-state index in [2.05, 4.69) is 9.71 Å². The smallest absolute Gasteiger partial charge is 0.278 e. The SMILES string of the molecule is Cc1cc(F)ccc1NS(=O)(=O)c1ncccc1F. The summed E-state index contributed by atoms with van der Waals surface area (Å²) in [5.41, 5.74) is 0.561. The molecular weight excluding hydrogens is 274 g/mol. The van der Waals surface area contributed by atoms with E-state index in [1.165, 1.54) is 31.3 Å². The Balaban J connectivity index is 2.40. The Morgan fingerprint density at radius 2 is 1.95 bits per heavy atom. The van der Waals surface area contributed by atoms with Crippen molar-refractivity contribution in [1.82, 2.24) is 4.98 Å². The zero-order valence-electron chi connectivity index (χ0n) is 9.89. The number of rotatable bonds is 3. The van der Waals surface area contributed by atoms with Crippen molar-refractivity contribution in [2.45, 2.75) is 11.9 Å². The molecule has 1 aromatic carbocycles. The van der Waals surface area contributed by atoms with Gasteiger partial charge in [-0.05, 0) is 42.8 Å². The maximum absolute atomic E-state index is 13.4. The number of aryl methyl sites for hydroxylation is 1. The fourth-order valence-corrected chi connectivity index (χ4v) is 2.64. The highest BCUT2D eigenvalue weighted by atomic mass is 32.2. The number of halogens is 2. The van der Waals surface area contributed by atoms with Gasteiger partial charge in [-0.1, -0.05) is 0 Å². The zero-order valence-corrected chi connectivity index (χ0v) is 10.7. The second kappa shape index (κ2) is 4.93. The number of nitrogens with zero attached hydrogens (tertiary/aromatic N) is 1. The maximum Gasteiger partial charge on any atom is 0.282 e. The number of anilines is 1. The van der Waals surface area contributed by atoms with Crippen molar-refractivity contribution in [3.05, 3.63) is 53.7 Å². The molecule has 0 saturated carbocycles. The number of nitrogens with one attached hydrogen (secondary N) is 1. The summed E-state index contributed by atoms with van der Waals surface area (Å²) in [6, 6.07) is 5.84. The Morgan fingerprint density at radius 1 is 1.21 bits per heavy atom. The summed E-state index contributed by atoms with van der Waals surface area (Å²) < 4.78 is 52.4. The van der Waals surface area contributed by atoms with Gasteiger partial charge in [-0.25, -0.2) is 13.8 Å². The van der Waals surface area contributed by atoms with Gasteiger partial charge in [-0.2, -0.15) is 8.42 Å². The molecule has 19 heavy (non-hydrogen) atoms. The minimum Gasteiger partial charge on any atom is -0.278 e. The first-order valence-corrected chi connectivity index (χ1v) is 6.78. The maximum atomic E-state index is 13.4. The molecule has 0 spiro atoms. The lowest BCUT2D eigenvalue weighted by molar-refractivity contribution is 0.556. The molecule has 0 radical (unpaired) electrons. The monoisotopic (exact) mass is 284 g/mol. The van der Waals surface area contributed by atoms with Gasteiger partial charge in [-0.15, -0.1) is 0 Å². The fraction of sp³-hybridized carbons (Fsp3) is 0.0833. The molecule has 0 amide bonds. The molecule has 0 bridgehead atoms. The standard InChI is InChI=1S/C12H10F2N2O2S/c1-8-7-9(13)4-5-11(8)16-19(17,18)12-10(14)3-2-6-15-12/h2-7,16H,1H3. The van der Waals surface area contributed by atoms with E-state index in [9.17, 15) is 17.2 Å². The van der Waals surface area contributed by atoms with Crippen LogP contribution in [0.5, 0.6) is 0 Å². The van der Waals surface area contributed by atoms with E-state index in [0.29, 0.717) is 5.56 Å². The van der Waals surface area contributed by atoms with Gasteiger partial charge in [0.15, 0.2) is 5.82 Å². The molecule has 0 saturated heterocycles. The van der Waals surface area contributed by atoms with Crippen LogP contribution in [0.4, 0.5) is 14.5 Å². The number of aromatic nitrogens is 1. The number of hydrogen-bond acceptors (Lipinski definition) is 3. The van der Waals surface area contributed by atoms with Gasteiger partial charge in [0.25, 0.3) is 10.0 Å². The van der Waals surface area contributed by atoms with E-state index in [1.54, 1.807) is 0 Å². The first-order chi connectivity index (χ1) is 8.90. The van der Waals surface area contributed by atoms with Crippen molar-refractivity contribution in [3.63, 3.8) is 0 Å². The van der Waals surface area contributed by atoms with Gasteiger partial charge in [0.2, 0.25) is 5.03 Å². The van der Waals surface area contributed by atoms with Crippen molar-refractivity contribution in [1.29, 1.82) is 0 Å². The summed E-state index contributed by atoms with van der Waals surface area (Å²) in [6.45, 7) is 1.54. The van der Waals surface area contributed by atoms with Crippen LogP contribution < -0.4 is 4.72 Å². The highest BCUT2D eigenvalue weighted by Crippen LogP contribution is 2.20. The topological polar surface area (TPSA) is 59.1 Å². The highest BCUT2D eigenvalue weighted by molar-refractivity contribution is 7.92. The zero-order chi connectivity index (χ0) is 14.0. The molecule has 100 valence electrons. The Bertz CT molecular complexity index is 717. The molecule has 4 nitrogen and oxygen atoms in total. The quantitative estimate of drug-likeness (QED) is 0.942. The first kappa shape index (κ1) is 13.4. The molecule has 0 aliphatic rings. The van der Waals surface area contributed by atoms with Crippen molar-refractivity contribution >= 4 is 15.7 Å². The summed E-state index contributed by atoms with van der Waals surface area (Å²) >= 11 is 0. The fourth-order valence-electron chi connectivity index (χ4n) is 1.50. The molecular formula is C12H10F2N2O2S. The number of pyridine rings is 1. The largest absolute Gasteiger partial charge is 0.282 e. The third kappa shape index (κ3) is 2.87. The van der Waals surface area contributed by atoms with Crippen molar-refractivity contribution in [2.75, 3.05) is 4.72 Å². The summed E-state index contributed by atoms with van der Waals surface area (Å²) in [7, 11) is -4.14. The highest BCUT2D eigenvalue weighted by Gasteiger charge is 2.21. The Hall–Kier alpha value is -2.02. The molecule has 1 N–H and O–H groups in total. The number of benzene rings is 1. The van der Waals surface area contributed by atoms with Gasteiger partial charge in [0.05, 0.1) is 5.69 Å². The molecule has 0 unspecified atom stereocenters. The lowest BCUT2D eigenvalue weighted by Crippen LogP contribution is -2.16. The van der Waals surface area contributed by atoms with Gasteiger partial charge in [-0.3, -0.25) is 4.72 Å². The summed E-state index contributed by atoms with van der Waals surface area (Å²) in [5.74, 6) is -1.43. The van der Waals surface area contributed by atoms with Crippen molar-refractivity contribution in [3.8, 4) is 0 Å². The molecule has 2 rings (SSSR count). The van der Waals surface area contributed by atoms with E-state index < -0.39 is 26.7 Å². The van der Waals surface area contributed by atoms with Crippen LogP contribution in [0.25, 0.3) is 0 Å². The summed E-state index contributed by atoms with van der Waals surface area (Å²) in [4.78, 5) is 3.49. The molecule has 7 heteroatoms. The average Bonchev–Trinajstić information content (AvgIpc) is 2.33. The Kier molecular flexibility index (Phi) is 3.48.